The standard InChI is InChI=1S/C10H18F3NO/c1-14-9(8-4-5-8)3-2-6-15-7-10(11,12)13/h8-9,14H,2-7H2,1H3. The second kappa shape index (κ2) is 5.70. The van der Waals surface area contributed by atoms with Gasteiger partial charge in [-0.25, -0.2) is 0 Å². The first-order valence-corrected chi connectivity index (χ1v) is 5.34. The van der Waals surface area contributed by atoms with Crippen LogP contribution in [-0.2, 0) is 4.74 Å². The van der Waals surface area contributed by atoms with Crippen LogP contribution in [0.25, 0.3) is 0 Å². The summed E-state index contributed by atoms with van der Waals surface area (Å²) in [5.41, 5.74) is 0. The lowest BCUT2D eigenvalue weighted by molar-refractivity contribution is -0.174. The molecular formula is C10H18F3NO. The van der Waals surface area contributed by atoms with Crippen LogP contribution in [0.1, 0.15) is 25.7 Å². The van der Waals surface area contributed by atoms with Crippen molar-refractivity contribution in [3.05, 3.63) is 0 Å². The molecule has 0 aromatic rings. The molecule has 1 rings (SSSR count). The predicted molar refractivity (Wildman–Crippen MR) is 51.7 cm³/mol. The first kappa shape index (κ1) is 12.8. The Balaban J connectivity index is 1.96. The van der Waals surface area contributed by atoms with Gasteiger partial charge in [0.25, 0.3) is 0 Å². The van der Waals surface area contributed by atoms with Crippen LogP contribution in [0.4, 0.5) is 13.2 Å². The molecule has 0 aromatic carbocycles. The fourth-order valence-corrected chi connectivity index (χ4v) is 1.71. The molecule has 1 aliphatic rings. The van der Waals surface area contributed by atoms with Crippen LogP contribution >= 0.6 is 0 Å². The van der Waals surface area contributed by atoms with Crippen molar-refractivity contribution in [2.75, 3.05) is 20.3 Å². The Labute approximate surface area is 88.2 Å². The summed E-state index contributed by atoms with van der Waals surface area (Å²) in [6.07, 6.45) is -0.111. The van der Waals surface area contributed by atoms with Gasteiger partial charge in [-0.15, -0.1) is 0 Å². The maximum atomic E-state index is 11.7. The van der Waals surface area contributed by atoms with Gasteiger partial charge >= 0.3 is 6.18 Å². The average molecular weight is 225 g/mol. The van der Waals surface area contributed by atoms with Crippen molar-refractivity contribution in [1.29, 1.82) is 0 Å². The molecule has 0 bridgehead atoms. The molecule has 0 radical (unpaired) electrons. The van der Waals surface area contributed by atoms with Crippen molar-refractivity contribution in [1.82, 2.24) is 5.32 Å². The summed E-state index contributed by atoms with van der Waals surface area (Å²) in [5, 5.41) is 3.19. The van der Waals surface area contributed by atoms with Crippen molar-refractivity contribution in [3.63, 3.8) is 0 Å². The number of nitrogens with one attached hydrogen (secondary N) is 1. The van der Waals surface area contributed by atoms with E-state index < -0.39 is 12.8 Å². The summed E-state index contributed by atoms with van der Waals surface area (Å²) < 4.78 is 39.7. The van der Waals surface area contributed by atoms with Gasteiger partial charge in [-0.1, -0.05) is 0 Å². The van der Waals surface area contributed by atoms with E-state index in [1.165, 1.54) is 12.8 Å². The van der Waals surface area contributed by atoms with Crippen LogP contribution in [0.5, 0.6) is 0 Å². The third-order valence-electron chi connectivity index (χ3n) is 2.63. The highest BCUT2D eigenvalue weighted by molar-refractivity contribution is 4.85. The topological polar surface area (TPSA) is 21.3 Å². The molecule has 1 atom stereocenters. The molecule has 2 nitrogen and oxygen atoms in total. The molecule has 90 valence electrons. The van der Waals surface area contributed by atoms with Gasteiger partial charge in [0, 0.05) is 12.6 Å². The van der Waals surface area contributed by atoms with Crippen LogP contribution in [0.2, 0.25) is 0 Å². The minimum atomic E-state index is -4.20. The smallest absolute Gasteiger partial charge is 0.372 e. The minimum Gasteiger partial charge on any atom is -0.372 e. The third kappa shape index (κ3) is 5.99. The lowest BCUT2D eigenvalue weighted by Gasteiger charge is -2.15. The van der Waals surface area contributed by atoms with Gasteiger partial charge < -0.3 is 10.1 Å². The predicted octanol–water partition coefficient (Wildman–Crippen LogP) is 2.34. The highest BCUT2D eigenvalue weighted by Crippen LogP contribution is 2.34. The van der Waals surface area contributed by atoms with E-state index in [4.69, 9.17) is 0 Å². The van der Waals surface area contributed by atoms with E-state index in [2.05, 4.69) is 10.1 Å². The molecule has 0 heterocycles. The quantitative estimate of drug-likeness (QED) is 0.671. The molecule has 0 saturated heterocycles. The normalized spacial score (nSPS) is 19.2. The Morgan fingerprint density at radius 1 is 1.40 bits per heavy atom. The van der Waals surface area contributed by atoms with Crippen LogP contribution in [0, 0.1) is 5.92 Å². The first-order chi connectivity index (χ1) is 7.03. The van der Waals surface area contributed by atoms with Crippen LogP contribution in [-0.4, -0.2) is 32.5 Å². The number of hydrogen-bond donors (Lipinski definition) is 1. The van der Waals surface area contributed by atoms with Gasteiger partial charge in [0.05, 0.1) is 0 Å². The molecular weight excluding hydrogens is 207 g/mol. The third-order valence-corrected chi connectivity index (χ3v) is 2.63. The Bertz CT molecular complexity index is 180. The average Bonchev–Trinajstić information content (AvgIpc) is 2.92. The molecule has 0 aliphatic heterocycles. The highest BCUT2D eigenvalue weighted by atomic mass is 19.4. The second-order valence-electron chi connectivity index (χ2n) is 4.04. The highest BCUT2D eigenvalue weighted by Gasteiger charge is 2.30. The molecule has 1 aliphatic carbocycles. The first-order valence-electron chi connectivity index (χ1n) is 5.34. The Morgan fingerprint density at radius 2 is 2.07 bits per heavy atom. The van der Waals surface area contributed by atoms with Crippen LogP contribution < -0.4 is 5.32 Å². The van der Waals surface area contributed by atoms with E-state index in [1.54, 1.807) is 0 Å². The molecule has 0 aromatic heterocycles. The van der Waals surface area contributed by atoms with Crippen LogP contribution in [0.15, 0.2) is 0 Å². The number of hydrogen-bond acceptors (Lipinski definition) is 2. The zero-order valence-corrected chi connectivity index (χ0v) is 8.94. The number of rotatable bonds is 7. The molecule has 0 spiro atoms. The van der Waals surface area contributed by atoms with Gasteiger partial charge in [0.1, 0.15) is 6.61 Å². The van der Waals surface area contributed by atoms with Crippen molar-refractivity contribution in [2.45, 2.75) is 37.9 Å². The molecule has 1 saturated carbocycles. The molecule has 1 fully saturated rings. The number of alkyl halides is 3. The van der Waals surface area contributed by atoms with Crippen LogP contribution in [0.3, 0.4) is 0 Å². The summed E-state index contributed by atoms with van der Waals surface area (Å²) in [7, 11) is 1.90. The van der Waals surface area contributed by atoms with Gasteiger partial charge in [-0.2, -0.15) is 13.2 Å². The summed E-state index contributed by atoms with van der Waals surface area (Å²) >= 11 is 0. The Kier molecular flexibility index (Phi) is 4.86. The van der Waals surface area contributed by atoms with E-state index in [1.807, 2.05) is 7.05 Å². The van der Waals surface area contributed by atoms with Gasteiger partial charge in [0.2, 0.25) is 0 Å². The van der Waals surface area contributed by atoms with Crippen molar-refractivity contribution in [2.24, 2.45) is 5.92 Å². The van der Waals surface area contributed by atoms with E-state index in [9.17, 15) is 13.2 Å². The lowest BCUT2D eigenvalue weighted by atomic mass is 10.1. The van der Waals surface area contributed by atoms with Crippen molar-refractivity contribution < 1.29 is 17.9 Å². The molecule has 1 N–H and O–H groups in total. The molecule has 0 amide bonds. The Morgan fingerprint density at radius 3 is 2.53 bits per heavy atom. The summed E-state index contributed by atoms with van der Waals surface area (Å²) in [5.74, 6) is 0.734. The van der Waals surface area contributed by atoms with Gasteiger partial charge in [-0.05, 0) is 38.6 Å². The van der Waals surface area contributed by atoms with Gasteiger partial charge in [-0.3, -0.25) is 0 Å². The van der Waals surface area contributed by atoms with Crippen molar-refractivity contribution >= 4 is 0 Å². The van der Waals surface area contributed by atoms with Crippen molar-refractivity contribution in [3.8, 4) is 0 Å². The fourth-order valence-electron chi connectivity index (χ4n) is 1.71. The Hall–Kier alpha value is -0.290. The zero-order valence-electron chi connectivity index (χ0n) is 8.94. The number of ether oxygens (including phenoxy) is 1. The summed E-state index contributed by atoms with van der Waals surface area (Å²) in [4.78, 5) is 0. The summed E-state index contributed by atoms with van der Waals surface area (Å²) in [6.45, 7) is -0.926. The maximum Gasteiger partial charge on any atom is 0.411 e. The van der Waals surface area contributed by atoms with E-state index in [0.29, 0.717) is 12.5 Å². The molecule has 15 heavy (non-hydrogen) atoms. The minimum absolute atomic E-state index is 0.199. The van der Waals surface area contributed by atoms with Gasteiger partial charge in [0.15, 0.2) is 0 Å². The molecule has 1 unspecified atom stereocenters. The fraction of sp³-hybridized carbons (Fsp3) is 1.00. The molecule has 5 heteroatoms. The lowest BCUT2D eigenvalue weighted by Crippen LogP contribution is -2.27. The number of halogens is 3. The zero-order chi connectivity index (χ0) is 11.3. The SMILES string of the molecule is CNC(CCCOCC(F)(F)F)C1CC1. The maximum absolute atomic E-state index is 11.7. The van der Waals surface area contributed by atoms with E-state index in [0.717, 1.165) is 12.3 Å². The van der Waals surface area contributed by atoms with E-state index in [-0.39, 0.29) is 6.61 Å². The largest absolute Gasteiger partial charge is 0.411 e. The summed E-state index contributed by atoms with van der Waals surface area (Å²) in [6, 6.07) is 0.458. The van der Waals surface area contributed by atoms with E-state index >= 15 is 0 Å². The monoisotopic (exact) mass is 225 g/mol. The second-order valence-corrected chi connectivity index (χ2v) is 4.04.